The first-order valence-electron chi connectivity index (χ1n) is 8.27. The molecule has 0 fully saturated rings. The lowest BCUT2D eigenvalue weighted by atomic mass is 9.79. The van der Waals surface area contributed by atoms with Crippen LogP contribution in [0, 0.1) is 5.82 Å². The minimum absolute atomic E-state index is 0.00306. The number of rotatable bonds is 5. The van der Waals surface area contributed by atoms with Crippen LogP contribution in [0.25, 0.3) is 0 Å². The van der Waals surface area contributed by atoms with Gasteiger partial charge in [0.25, 0.3) is 5.91 Å². The van der Waals surface area contributed by atoms with E-state index in [1.165, 1.54) is 11.6 Å². The number of nitrogens with one attached hydrogen (secondary N) is 1. The highest BCUT2D eigenvalue weighted by Gasteiger charge is 2.28. The highest BCUT2D eigenvalue weighted by Crippen LogP contribution is 2.34. The first-order chi connectivity index (χ1) is 12.0. The Morgan fingerprint density at radius 1 is 1.28 bits per heavy atom. The van der Waals surface area contributed by atoms with Gasteiger partial charge in [-0.05, 0) is 54.9 Å². The molecule has 0 aliphatic heterocycles. The quantitative estimate of drug-likeness (QED) is 0.876. The van der Waals surface area contributed by atoms with Gasteiger partial charge in [0.2, 0.25) is 0 Å². The molecule has 2 unspecified atom stereocenters. The number of carbonyl (C=O) groups is 2. The van der Waals surface area contributed by atoms with Crippen molar-refractivity contribution in [2.45, 2.75) is 37.6 Å². The molecule has 1 aromatic carbocycles. The number of carboxylic acid groups (broad SMARTS) is 1. The number of nitrogens with zero attached hydrogens (tertiary/aromatic N) is 1. The molecule has 3 rings (SSSR count). The fourth-order valence-corrected chi connectivity index (χ4v) is 3.35. The van der Waals surface area contributed by atoms with Crippen molar-refractivity contribution in [3.8, 4) is 0 Å². The minimum Gasteiger partial charge on any atom is -0.480 e. The summed E-state index contributed by atoms with van der Waals surface area (Å²) in [6.07, 6.45) is 4.14. The van der Waals surface area contributed by atoms with E-state index in [9.17, 15) is 19.1 Å². The Labute approximate surface area is 144 Å². The molecule has 2 N–H and O–H groups in total. The van der Waals surface area contributed by atoms with Crippen molar-refractivity contribution in [3.63, 3.8) is 0 Å². The third-order valence-corrected chi connectivity index (χ3v) is 4.58. The summed E-state index contributed by atoms with van der Waals surface area (Å²) in [6, 6.07) is 9.37. The number of aromatic nitrogens is 1. The molecule has 130 valence electrons. The molecule has 0 saturated heterocycles. The van der Waals surface area contributed by atoms with Crippen LogP contribution in [0.1, 0.15) is 46.8 Å². The fraction of sp³-hybridized carbons (Fsp3) is 0.316. The molecule has 6 heteroatoms. The number of benzene rings is 1. The first-order valence-corrected chi connectivity index (χ1v) is 8.27. The van der Waals surface area contributed by atoms with Gasteiger partial charge in [-0.25, -0.2) is 14.2 Å². The van der Waals surface area contributed by atoms with Crippen LogP contribution < -0.4 is 5.32 Å². The van der Waals surface area contributed by atoms with Crippen molar-refractivity contribution in [1.82, 2.24) is 10.3 Å². The van der Waals surface area contributed by atoms with Gasteiger partial charge in [0.15, 0.2) is 0 Å². The summed E-state index contributed by atoms with van der Waals surface area (Å²) in [7, 11) is 0. The number of hydrogen-bond acceptors (Lipinski definition) is 3. The summed E-state index contributed by atoms with van der Waals surface area (Å²) in [4.78, 5) is 27.5. The molecule has 5 nitrogen and oxygen atoms in total. The Balaban J connectivity index is 1.73. The minimum atomic E-state index is -1.08. The van der Waals surface area contributed by atoms with Crippen LogP contribution in [-0.2, 0) is 11.2 Å². The predicted octanol–water partition coefficient (Wildman–Crippen LogP) is 2.91. The molecule has 0 saturated carbocycles. The molecule has 2 aromatic rings. The molecule has 0 radical (unpaired) electrons. The van der Waals surface area contributed by atoms with Crippen LogP contribution in [-0.4, -0.2) is 28.0 Å². The van der Waals surface area contributed by atoms with Gasteiger partial charge in [0, 0.05) is 0 Å². The largest absolute Gasteiger partial charge is 0.480 e. The summed E-state index contributed by atoms with van der Waals surface area (Å²) in [5, 5.41) is 12.0. The maximum Gasteiger partial charge on any atom is 0.326 e. The molecule has 1 amide bonds. The van der Waals surface area contributed by atoms with Crippen molar-refractivity contribution < 1.29 is 19.1 Å². The SMILES string of the molecule is O=C(NC(CC1CCCc2ccccc21)C(=O)O)c1ccc(F)cn1. The third kappa shape index (κ3) is 4.02. The van der Waals surface area contributed by atoms with Gasteiger partial charge in [-0.15, -0.1) is 0 Å². The van der Waals surface area contributed by atoms with E-state index < -0.39 is 23.7 Å². The molecular weight excluding hydrogens is 323 g/mol. The molecule has 0 bridgehead atoms. The number of pyridine rings is 1. The second kappa shape index (κ2) is 7.42. The summed E-state index contributed by atoms with van der Waals surface area (Å²) >= 11 is 0. The van der Waals surface area contributed by atoms with Crippen molar-refractivity contribution in [2.75, 3.05) is 0 Å². The zero-order chi connectivity index (χ0) is 17.8. The standard InChI is InChI=1S/C19H19FN2O3/c20-14-8-9-16(21-11-14)18(23)22-17(19(24)25)10-13-6-3-5-12-4-1-2-7-15(12)13/h1-2,4,7-9,11,13,17H,3,5-6,10H2,(H,22,23)(H,24,25). The highest BCUT2D eigenvalue weighted by molar-refractivity contribution is 5.94. The van der Waals surface area contributed by atoms with E-state index >= 15 is 0 Å². The number of aryl methyl sites for hydroxylation is 1. The maximum atomic E-state index is 12.9. The normalized spacial score (nSPS) is 17.4. The van der Waals surface area contributed by atoms with E-state index in [0.29, 0.717) is 6.42 Å². The zero-order valence-corrected chi connectivity index (χ0v) is 13.6. The average molecular weight is 342 g/mol. The molecule has 1 aliphatic rings. The fourth-order valence-electron chi connectivity index (χ4n) is 3.35. The Morgan fingerprint density at radius 3 is 2.80 bits per heavy atom. The van der Waals surface area contributed by atoms with E-state index in [4.69, 9.17) is 0 Å². The second-order valence-electron chi connectivity index (χ2n) is 6.25. The Bertz CT molecular complexity index is 776. The van der Waals surface area contributed by atoms with E-state index in [2.05, 4.69) is 16.4 Å². The van der Waals surface area contributed by atoms with Gasteiger partial charge in [-0.1, -0.05) is 24.3 Å². The average Bonchev–Trinajstić information content (AvgIpc) is 2.61. The number of carboxylic acids is 1. The molecule has 1 heterocycles. The van der Waals surface area contributed by atoms with Gasteiger partial charge < -0.3 is 10.4 Å². The lowest BCUT2D eigenvalue weighted by molar-refractivity contribution is -0.139. The van der Waals surface area contributed by atoms with Gasteiger partial charge in [-0.3, -0.25) is 4.79 Å². The molecule has 2 atom stereocenters. The van der Waals surface area contributed by atoms with Crippen LogP contribution >= 0.6 is 0 Å². The van der Waals surface area contributed by atoms with E-state index in [1.807, 2.05) is 18.2 Å². The van der Waals surface area contributed by atoms with E-state index in [0.717, 1.165) is 37.1 Å². The van der Waals surface area contributed by atoms with E-state index in [-0.39, 0.29) is 11.6 Å². The van der Waals surface area contributed by atoms with Crippen LogP contribution in [0.5, 0.6) is 0 Å². The molecule has 1 aromatic heterocycles. The first kappa shape index (κ1) is 17.1. The van der Waals surface area contributed by atoms with Crippen molar-refractivity contribution in [2.24, 2.45) is 0 Å². The summed E-state index contributed by atoms with van der Waals surface area (Å²) in [5.74, 6) is -2.16. The van der Waals surface area contributed by atoms with Crippen LogP contribution in [0.4, 0.5) is 4.39 Å². The topological polar surface area (TPSA) is 79.3 Å². The lowest BCUT2D eigenvalue weighted by Gasteiger charge is -2.28. The van der Waals surface area contributed by atoms with Crippen LogP contribution in [0.3, 0.4) is 0 Å². The van der Waals surface area contributed by atoms with Crippen molar-refractivity contribution >= 4 is 11.9 Å². The van der Waals surface area contributed by atoms with Crippen LogP contribution in [0.15, 0.2) is 42.6 Å². The summed E-state index contributed by atoms with van der Waals surface area (Å²) < 4.78 is 12.9. The van der Waals surface area contributed by atoms with Gasteiger partial charge in [-0.2, -0.15) is 0 Å². The van der Waals surface area contributed by atoms with Crippen LogP contribution in [0.2, 0.25) is 0 Å². The van der Waals surface area contributed by atoms with Gasteiger partial charge in [0.05, 0.1) is 6.20 Å². The highest BCUT2D eigenvalue weighted by atomic mass is 19.1. The zero-order valence-electron chi connectivity index (χ0n) is 13.6. The number of halogens is 1. The Hall–Kier alpha value is -2.76. The number of carbonyl (C=O) groups excluding carboxylic acids is 1. The van der Waals surface area contributed by atoms with Gasteiger partial charge >= 0.3 is 5.97 Å². The van der Waals surface area contributed by atoms with Gasteiger partial charge in [0.1, 0.15) is 17.6 Å². The number of aliphatic carboxylic acids is 1. The monoisotopic (exact) mass is 342 g/mol. The Kier molecular flexibility index (Phi) is 5.07. The Morgan fingerprint density at radius 2 is 2.08 bits per heavy atom. The molecular formula is C19H19FN2O3. The van der Waals surface area contributed by atoms with Crippen molar-refractivity contribution in [1.29, 1.82) is 0 Å². The number of fused-ring (bicyclic) bond motifs is 1. The molecule has 1 aliphatic carbocycles. The predicted molar refractivity (Wildman–Crippen MR) is 89.8 cm³/mol. The number of amides is 1. The maximum absolute atomic E-state index is 12.9. The second-order valence-corrected chi connectivity index (χ2v) is 6.25. The molecule has 0 spiro atoms. The number of hydrogen-bond donors (Lipinski definition) is 2. The van der Waals surface area contributed by atoms with Crippen molar-refractivity contribution in [3.05, 3.63) is 65.2 Å². The summed E-state index contributed by atoms with van der Waals surface area (Å²) in [6.45, 7) is 0. The molecule has 25 heavy (non-hydrogen) atoms. The lowest BCUT2D eigenvalue weighted by Crippen LogP contribution is -2.42. The third-order valence-electron chi connectivity index (χ3n) is 4.58. The van der Waals surface area contributed by atoms with E-state index in [1.54, 1.807) is 0 Å². The summed E-state index contributed by atoms with van der Waals surface area (Å²) in [5.41, 5.74) is 2.40. The smallest absolute Gasteiger partial charge is 0.326 e.